The summed E-state index contributed by atoms with van der Waals surface area (Å²) >= 11 is 0. The van der Waals surface area contributed by atoms with E-state index in [1.54, 1.807) is 51.4 Å². The highest BCUT2D eigenvalue weighted by molar-refractivity contribution is 5.00. The molecular weight excluding hydrogens is 1650 g/mol. The Morgan fingerprint density at radius 3 is 0.350 bits per heavy atom. The van der Waals surface area contributed by atoms with Gasteiger partial charge in [0.25, 0.3) is 0 Å². The van der Waals surface area contributed by atoms with Crippen molar-refractivity contribution in [1.29, 1.82) is 0 Å². The number of hydrogen-bond donors (Lipinski definition) is 1. The molecule has 137 heavy (non-hydrogen) atoms. The van der Waals surface area contributed by atoms with Gasteiger partial charge in [0, 0.05) is 12.1 Å². The maximum atomic E-state index is 5.60. The van der Waals surface area contributed by atoms with E-state index >= 15 is 0 Å². The molecule has 2 fully saturated rings. The predicted molar refractivity (Wildman–Crippen MR) is 629 cm³/mol. The highest BCUT2D eigenvalue weighted by Gasteiger charge is 2.46. The number of rotatable bonds is 116. The van der Waals surface area contributed by atoms with Gasteiger partial charge in [-0.2, -0.15) is 0 Å². The number of unbranched alkanes of at least 4 members (excludes halogenated alkanes) is 72. The van der Waals surface area contributed by atoms with Crippen molar-refractivity contribution < 1.29 is 0 Å². The molecule has 8 unspecified atom stereocenters. The van der Waals surface area contributed by atoms with Crippen molar-refractivity contribution in [2.75, 3.05) is 0 Å². The quantitative estimate of drug-likeness (QED) is 0.0599. The van der Waals surface area contributed by atoms with Crippen LogP contribution in [0.3, 0.4) is 0 Å². The van der Waals surface area contributed by atoms with Gasteiger partial charge < -0.3 is 5.32 Å². The Hall–Kier alpha value is -0.0400. The average Bonchev–Trinajstić information content (AvgIpc) is 1.77. The lowest BCUT2D eigenvalue weighted by atomic mass is 9.60. The first-order valence-electron chi connectivity index (χ1n) is 67.4. The maximum Gasteiger partial charge on any atom is 0.0103 e. The van der Waals surface area contributed by atoms with Crippen molar-refractivity contribution in [3.63, 3.8) is 0 Å². The molecule has 1 heteroatoms. The van der Waals surface area contributed by atoms with E-state index in [0.29, 0.717) is 22.9 Å². The van der Waals surface area contributed by atoms with Crippen molar-refractivity contribution in [1.82, 2.24) is 5.32 Å². The molecule has 1 nitrogen and oxygen atoms in total. The van der Waals surface area contributed by atoms with Crippen LogP contribution in [0, 0.1) is 58.2 Å². The third-order valence-corrected chi connectivity index (χ3v) is 36.6. The van der Waals surface area contributed by atoms with Crippen LogP contribution in [0.25, 0.3) is 0 Å². The van der Waals surface area contributed by atoms with E-state index < -0.39 is 0 Å². The summed E-state index contributed by atoms with van der Waals surface area (Å²) < 4.78 is 0. The van der Waals surface area contributed by atoms with E-state index in [0.717, 1.165) is 47.3 Å². The summed E-state index contributed by atoms with van der Waals surface area (Å²) in [6.07, 6.45) is 166. The second kappa shape index (κ2) is 103. The van der Waals surface area contributed by atoms with Crippen LogP contribution in [0.1, 0.15) is 802 Å². The van der Waals surface area contributed by atoms with Gasteiger partial charge in [0.1, 0.15) is 0 Å². The summed E-state index contributed by atoms with van der Waals surface area (Å²) in [5.74, 6) is 7.02. The minimum Gasteiger partial charge on any atom is -0.311 e. The molecule has 1 N–H and O–H groups in total. The third-order valence-electron chi connectivity index (χ3n) is 36.6. The summed E-state index contributed by atoms with van der Waals surface area (Å²) in [6, 6.07) is 1.33. The minimum atomic E-state index is 0.388. The van der Waals surface area contributed by atoms with E-state index in [9.17, 15) is 0 Å². The van der Waals surface area contributed by atoms with Crippen LogP contribution < -0.4 is 5.32 Å². The molecule has 0 aromatic heterocycles. The molecule has 0 radical (unpaired) electrons. The Labute approximate surface area is 872 Å². The normalized spacial score (nSPS) is 16.2. The van der Waals surface area contributed by atoms with Gasteiger partial charge in [0.05, 0.1) is 0 Å². The lowest BCUT2D eigenvalue weighted by Gasteiger charge is -2.49. The zero-order valence-electron chi connectivity index (χ0n) is 98.5. The van der Waals surface area contributed by atoms with Gasteiger partial charge in [-0.25, -0.2) is 0 Å². The lowest BCUT2D eigenvalue weighted by Crippen LogP contribution is -2.51. The summed E-state index contributed by atoms with van der Waals surface area (Å²) in [4.78, 5) is 0. The van der Waals surface area contributed by atoms with Crippen LogP contribution in [0.2, 0.25) is 0 Å². The Bertz CT molecular complexity index is 1890. The highest BCUT2D eigenvalue weighted by Crippen LogP contribution is 2.55. The number of hydrogen-bond acceptors (Lipinski definition) is 1. The van der Waals surface area contributed by atoms with Crippen LogP contribution in [0.5, 0.6) is 0 Å². The standard InChI is InChI=1S/C136H271N/c1-13-25-37-49-61-67-79-91-107-125(101-85-73-55-43-31-19-7)117-135(118-126(102-86-74-56-44-32-20-8)108-92-80-68-62-50-38-26-14-2,119-127(103-87-75-57-45-33-21-9)109-93-81-69-63-51-39-27-15-3)123-133(131-113-97-98-114-131)137-134(132-115-99-100-116-132)124-136(120-128(104-88-76-58-46-34-22-10)110-94-82-70-64-52-40-28-16-4,121-129(105-89-77-59-47-35-23-11)111-95-83-71-65-53-41-29-17-5)122-130(106-90-78-60-48-36-24-12)112-96-84-72-66-54-42-30-18-6/h125-134,137H,13-124H2,1-12H3. The lowest BCUT2D eigenvalue weighted by molar-refractivity contribution is 0.0437. The molecule has 2 aliphatic rings. The van der Waals surface area contributed by atoms with Crippen LogP contribution in [-0.2, 0) is 0 Å². The molecule has 0 bridgehead atoms. The zero-order chi connectivity index (χ0) is 98.7. The van der Waals surface area contributed by atoms with E-state index in [1.807, 2.05) is 0 Å². The minimum absolute atomic E-state index is 0.388. The second-order valence-electron chi connectivity index (χ2n) is 50.2. The van der Waals surface area contributed by atoms with Crippen molar-refractivity contribution >= 4 is 0 Å². The molecule has 8 atom stereocenters. The number of nitrogens with one attached hydrogen (secondary N) is 1. The Morgan fingerprint density at radius 1 is 0.139 bits per heavy atom. The van der Waals surface area contributed by atoms with E-state index in [4.69, 9.17) is 5.32 Å². The molecule has 0 aromatic rings. The highest BCUT2D eigenvalue weighted by atomic mass is 15.0. The van der Waals surface area contributed by atoms with Crippen molar-refractivity contribution in [3.8, 4) is 0 Å². The molecule has 2 aliphatic carbocycles. The van der Waals surface area contributed by atoms with Gasteiger partial charge in [-0.1, -0.05) is 725 Å². The van der Waals surface area contributed by atoms with Gasteiger partial charge in [0.2, 0.25) is 0 Å². The summed E-state index contributed by atoms with van der Waals surface area (Å²) in [6.45, 7) is 29.4. The predicted octanol–water partition coefficient (Wildman–Crippen LogP) is 50.2. The molecule has 0 spiro atoms. The molecule has 0 aliphatic heterocycles. The molecular formula is C136H271N. The first-order chi connectivity index (χ1) is 67.6. The monoisotopic (exact) mass is 1920 g/mol. The fourth-order valence-corrected chi connectivity index (χ4v) is 28.1. The fourth-order valence-electron chi connectivity index (χ4n) is 28.1. The van der Waals surface area contributed by atoms with Crippen molar-refractivity contribution in [3.05, 3.63) is 0 Å². The third kappa shape index (κ3) is 80.6. The van der Waals surface area contributed by atoms with Crippen molar-refractivity contribution in [2.24, 2.45) is 58.2 Å². The second-order valence-corrected chi connectivity index (χ2v) is 50.2. The van der Waals surface area contributed by atoms with Gasteiger partial charge in [-0.15, -0.1) is 0 Å². The Kier molecular flexibility index (Phi) is 100. The first kappa shape index (κ1) is 133. The van der Waals surface area contributed by atoms with Crippen molar-refractivity contribution in [2.45, 2.75) is 814 Å². The molecule has 2 saturated carbocycles. The Balaban J connectivity index is 3.64. The van der Waals surface area contributed by atoms with E-state index in [-0.39, 0.29) is 0 Å². The summed E-state index contributed by atoms with van der Waals surface area (Å²) in [5.41, 5.74) is 0.776. The molecule has 0 amide bonds. The van der Waals surface area contributed by atoms with Crippen LogP contribution in [0.4, 0.5) is 0 Å². The van der Waals surface area contributed by atoms with E-state index in [2.05, 4.69) is 83.1 Å². The molecule has 0 saturated heterocycles. The van der Waals surface area contributed by atoms with Crippen LogP contribution >= 0.6 is 0 Å². The fraction of sp³-hybridized carbons (Fsp3) is 1.00. The summed E-state index contributed by atoms with van der Waals surface area (Å²) in [7, 11) is 0. The van der Waals surface area contributed by atoms with Gasteiger partial charge in [-0.05, 0) is 135 Å². The zero-order valence-corrected chi connectivity index (χ0v) is 98.5. The Morgan fingerprint density at radius 2 is 0.241 bits per heavy atom. The SMILES string of the molecule is CCCCCCCCCCC(CCCCCCCC)CC(CC(CCCCCCCC)CCCCCCCCCC)(CC(CCCCCCCC)CCCCCCCCCC)CC(NC(CC(CC(CCCCCCCC)CCCCCCCCCC)(CC(CCCCCCCC)CCCCCCCCCC)CC(CCCCCCCC)CCCCCCCCCC)C1CCCC1)C1CCCC1. The van der Waals surface area contributed by atoms with E-state index in [1.165, 1.54) is 668 Å². The smallest absolute Gasteiger partial charge is 0.0103 e. The summed E-state index contributed by atoms with van der Waals surface area (Å²) in [5, 5.41) is 5.60. The largest absolute Gasteiger partial charge is 0.311 e. The van der Waals surface area contributed by atoms with Gasteiger partial charge in [-0.3, -0.25) is 0 Å². The molecule has 820 valence electrons. The van der Waals surface area contributed by atoms with Gasteiger partial charge >= 0.3 is 0 Å². The van der Waals surface area contributed by atoms with Crippen LogP contribution in [-0.4, -0.2) is 12.1 Å². The molecule has 0 heterocycles. The first-order valence-corrected chi connectivity index (χ1v) is 67.4. The van der Waals surface area contributed by atoms with Gasteiger partial charge in [0.15, 0.2) is 0 Å². The molecule has 0 aromatic carbocycles. The topological polar surface area (TPSA) is 12.0 Å². The average molecular weight is 1920 g/mol. The molecule has 2 rings (SSSR count). The maximum absolute atomic E-state index is 5.60. The van der Waals surface area contributed by atoms with Crippen LogP contribution in [0.15, 0.2) is 0 Å².